The van der Waals surface area contributed by atoms with Gasteiger partial charge >= 0.3 is 0 Å². The molecule has 0 aliphatic carbocycles. The normalized spacial score (nSPS) is 11.9. The van der Waals surface area contributed by atoms with Gasteiger partial charge in [0.05, 0.1) is 34.4 Å². The van der Waals surface area contributed by atoms with Gasteiger partial charge in [0.1, 0.15) is 5.76 Å². The number of aromatic nitrogens is 2. The Balaban J connectivity index is 1.59. The second kappa shape index (κ2) is 8.66. The molecule has 31 heavy (non-hydrogen) atoms. The van der Waals surface area contributed by atoms with Crippen molar-refractivity contribution < 1.29 is 9.90 Å². The molecule has 2 aromatic heterocycles. The number of amides is 1. The minimum Gasteiger partial charge on any atom is -0.508 e. The van der Waals surface area contributed by atoms with Crippen molar-refractivity contribution in [1.29, 1.82) is 0 Å². The summed E-state index contributed by atoms with van der Waals surface area (Å²) in [6, 6.07) is 18.5. The number of carbonyl (C=O) groups is 1. The lowest BCUT2D eigenvalue weighted by Crippen LogP contribution is -2.27. The highest BCUT2D eigenvalue weighted by Crippen LogP contribution is 2.23. The molecular formula is C25H22ClN3O2. The molecule has 6 heteroatoms. The second-order valence-electron chi connectivity index (χ2n) is 7.42. The summed E-state index contributed by atoms with van der Waals surface area (Å²) in [5.41, 5.74) is 3.91. The predicted molar refractivity (Wildman–Crippen MR) is 124 cm³/mol. The van der Waals surface area contributed by atoms with E-state index in [9.17, 15) is 9.90 Å². The molecule has 0 spiro atoms. The molecule has 1 amide bonds. The van der Waals surface area contributed by atoms with E-state index in [1.54, 1.807) is 18.3 Å². The van der Waals surface area contributed by atoms with Gasteiger partial charge in [0.2, 0.25) is 0 Å². The number of pyridine rings is 1. The molecule has 0 radical (unpaired) electrons. The fourth-order valence-electron chi connectivity index (χ4n) is 3.57. The van der Waals surface area contributed by atoms with Crippen molar-refractivity contribution in [2.24, 2.45) is 0 Å². The largest absolute Gasteiger partial charge is 0.508 e. The van der Waals surface area contributed by atoms with Gasteiger partial charge < -0.3 is 15.0 Å². The van der Waals surface area contributed by atoms with Crippen LogP contribution in [0.3, 0.4) is 0 Å². The molecule has 4 rings (SSSR count). The van der Waals surface area contributed by atoms with Crippen LogP contribution in [0.2, 0.25) is 5.02 Å². The van der Waals surface area contributed by atoms with Crippen molar-refractivity contribution in [3.05, 3.63) is 107 Å². The zero-order chi connectivity index (χ0) is 22.0. The third-order valence-corrected chi connectivity index (χ3v) is 5.47. The lowest BCUT2D eigenvalue weighted by molar-refractivity contribution is 0.0941. The number of nitrogens with zero attached hydrogens (tertiary/aromatic N) is 2. The van der Waals surface area contributed by atoms with Crippen molar-refractivity contribution in [3.63, 3.8) is 0 Å². The first-order valence-corrected chi connectivity index (χ1v) is 10.3. The molecule has 0 aliphatic heterocycles. The second-order valence-corrected chi connectivity index (χ2v) is 7.86. The maximum absolute atomic E-state index is 13.2. The Hall–Kier alpha value is -3.57. The minimum atomic E-state index is -0.204. The molecule has 0 bridgehead atoms. The molecule has 5 nitrogen and oxygen atoms in total. The van der Waals surface area contributed by atoms with Crippen LogP contribution >= 0.6 is 11.6 Å². The highest BCUT2D eigenvalue weighted by Gasteiger charge is 2.17. The summed E-state index contributed by atoms with van der Waals surface area (Å²) in [5.74, 6) is -0.136. The molecule has 0 aliphatic rings. The van der Waals surface area contributed by atoms with Crippen LogP contribution in [-0.4, -0.2) is 20.6 Å². The summed E-state index contributed by atoms with van der Waals surface area (Å²) >= 11 is 5.94. The number of fused-ring (bicyclic) bond motifs is 1. The zero-order valence-corrected chi connectivity index (χ0v) is 17.8. The fraction of sp³-hybridized carbons (Fsp3) is 0.120. The van der Waals surface area contributed by atoms with Crippen LogP contribution in [0, 0.1) is 0 Å². The lowest BCUT2D eigenvalue weighted by Gasteiger charge is -2.16. The third kappa shape index (κ3) is 4.47. The smallest absolute Gasteiger partial charge is 0.253 e. The number of halogens is 1. The van der Waals surface area contributed by atoms with E-state index in [0.717, 1.165) is 22.2 Å². The summed E-state index contributed by atoms with van der Waals surface area (Å²) in [4.78, 5) is 17.5. The number of hydrogen-bond acceptors (Lipinski definition) is 3. The van der Waals surface area contributed by atoms with Crippen molar-refractivity contribution >= 4 is 34.2 Å². The molecule has 0 saturated heterocycles. The Labute approximate surface area is 185 Å². The number of benzene rings is 2. The summed E-state index contributed by atoms with van der Waals surface area (Å²) < 4.78 is 2.02. The molecule has 2 aromatic carbocycles. The standard InChI is InChI=1S/C25H22ClN3O2/c1-16(18-6-8-19(9-7-18)17(2)30)28-25(31)23-5-3-4-20-12-13-29(24(20)23)15-22-11-10-21(26)14-27-22/h3-14,16,30H,2,15H2,1H3,(H,28,31)/t16-/m0/s1. The Morgan fingerprint density at radius 2 is 1.94 bits per heavy atom. The highest BCUT2D eigenvalue weighted by molar-refractivity contribution is 6.30. The van der Waals surface area contributed by atoms with Crippen LogP contribution in [0.4, 0.5) is 0 Å². The summed E-state index contributed by atoms with van der Waals surface area (Å²) in [6.45, 7) is 5.99. The van der Waals surface area contributed by atoms with Gasteiger partial charge in [0.15, 0.2) is 0 Å². The van der Waals surface area contributed by atoms with E-state index in [1.165, 1.54) is 0 Å². The number of aliphatic hydroxyl groups excluding tert-OH is 1. The van der Waals surface area contributed by atoms with E-state index in [4.69, 9.17) is 11.6 Å². The van der Waals surface area contributed by atoms with Crippen LogP contribution in [-0.2, 0) is 6.54 Å². The molecular weight excluding hydrogens is 410 g/mol. The number of nitrogens with one attached hydrogen (secondary N) is 1. The van der Waals surface area contributed by atoms with Crippen LogP contribution in [0.25, 0.3) is 16.7 Å². The minimum absolute atomic E-state index is 0.0193. The van der Waals surface area contributed by atoms with E-state index in [2.05, 4.69) is 16.9 Å². The Morgan fingerprint density at radius 1 is 1.16 bits per heavy atom. The van der Waals surface area contributed by atoms with Gasteiger partial charge in [-0.1, -0.05) is 54.6 Å². The molecule has 0 saturated carbocycles. The number of para-hydroxylation sites is 1. The van der Waals surface area contributed by atoms with E-state index in [0.29, 0.717) is 22.7 Å². The van der Waals surface area contributed by atoms with Crippen molar-refractivity contribution in [2.75, 3.05) is 0 Å². The fourth-order valence-corrected chi connectivity index (χ4v) is 3.68. The first-order valence-electron chi connectivity index (χ1n) is 9.90. The number of rotatable bonds is 6. The average molecular weight is 432 g/mol. The SMILES string of the molecule is C=C(O)c1ccc([C@H](C)NC(=O)c2cccc3ccn(Cc4ccc(Cl)cn4)c23)cc1. The average Bonchev–Trinajstić information content (AvgIpc) is 3.18. The zero-order valence-electron chi connectivity index (χ0n) is 17.0. The topological polar surface area (TPSA) is 67.2 Å². The van der Waals surface area contributed by atoms with Gasteiger partial charge in [-0.2, -0.15) is 0 Å². The van der Waals surface area contributed by atoms with E-state index in [-0.39, 0.29) is 17.7 Å². The van der Waals surface area contributed by atoms with Crippen LogP contribution < -0.4 is 5.32 Å². The van der Waals surface area contributed by atoms with Gasteiger partial charge in [-0.25, -0.2) is 0 Å². The Morgan fingerprint density at radius 3 is 2.61 bits per heavy atom. The molecule has 156 valence electrons. The molecule has 0 unspecified atom stereocenters. The number of carbonyl (C=O) groups excluding carboxylic acids is 1. The first-order chi connectivity index (χ1) is 14.9. The third-order valence-electron chi connectivity index (χ3n) is 5.25. The van der Waals surface area contributed by atoms with Gasteiger partial charge in [-0.15, -0.1) is 0 Å². The molecule has 4 aromatic rings. The Bertz CT molecular complexity index is 1240. The lowest BCUT2D eigenvalue weighted by atomic mass is 10.0. The van der Waals surface area contributed by atoms with Gasteiger partial charge in [0, 0.05) is 23.3 Å². The summed E-state index contributed by atoms with van der Waals surface area (Å²) in [6.07, 6.45) is 3.58. The van der Waals surface area contributed by atoms with Crippen LogP contribution in [0.5, 0.6) is 0 Å². The number of hydrogen-bond donors (Lipinski definition) is 2. The van der Waals surface area contributed by atoms with Crippen LogP contribution in [0.15, 0.2) is 79.6 Å². The molecule has 2 N–H and O–H groups in total. The predicted octanol–water partition coefficient (Wildman–Crippen LogP) is 5.76. The quantitative estimate of drug-likeness (QED) is 0.381. The monoisotopic (exact) mass is 431 g/mol. The summed E-state index contributed by atoms with van der Waals surface area (Å²) in [7, 11) is 0. The molecule has 0 fully saturated rings. The first kappa shape index (κ1) is 20.7. The molecule has 1 atom stereocenters. The highest BCUT2D eigenvalue weighted by atomic mass is 35.5. The van der Waals surface area contributed by atoms with E-state index >= 15 is 0 Å². The summed E-state index contributed by atoms with van der Waals surface area (Å²) in [5, 5.41) is 14.1. The van der Waals surface area contributed by atoms with Gasteiger partial charge in [0.25, 0.3) is 5.91 Å². The van der Waals surface area contributed by atoms with Crippen molar-refractivity contribution in [1.82, 2.24) is 14.9 Å². The Kier molecular flexibility index (Phi) is 5.78. The van der Waals surface area contributed by atoms with Crippen LogP contribution in [0.1, 0.15) is 40.1 Å². The van der Waals surface area contributed by atoms with Crippen molar-refractivity contribution in [2.45, 2.75) is 19.5 Å². The molecule has 2 heterocycles. The maximum Gasteiger partial charge on any atom is 0.253 e. The number of aliphatic hydroxyl groups is 1. The van der Waals surface area contributed by atoms with E-state index < -0.39 is 0 Å². The van der Waals surface area contributed by atoms with Gasteiger partial charge in [-0.3, -0.25) is 9.78 Å². The van der Waals surface area contributed by atoms with Crippen molar-refractivity contribution in [3.8, 4) is 0 Å². The maximum atomic E-state index is 13.2. The van der Waals surface area contributed by atoms with E-state index in [1.807, 2.05) is 66.2 Å². The van der Waals surface area contributed by atoms with Gasteiger partial charge in [-0.05, 0) is 36.8 Å².